The lowest BCUT2D eigenvalue weighted by Gasteiger charge is -2.36. The summed E-state index contributed by atoms with van der Waals surface area (Å²) in [5.74, 6) is 0.821. The smallest absolute Gasteiger partial charge is 0.0869 e. The number of rotatable bonds is 3. The van der Waals surface area contributed by atoms with E-state index in [0.29, 0.717) is 5.37 Å². The van der Waals surface area contributed by atoms with Crippen LogP contribution in [0.25, 0.3) is 4.91 Å². The van der Waals surface area contributed by atoms with E-state index in [1.54, 1.807) is 11.3 Å². The Labute approximate surface area is 127 Å². The number of nitrogens with zero attached hydrogens (tertiary/aromatic N) is 2. The number of benzene rings is 1. The number of hydrogen-bond donors (Lipinski definition) is 0. The minimum atomic E-state index is 0.559. The van der Waals surface area contributed by atoms with Gasteiger partial charge >= 0.3 is 0 Å². The Bertz CT molecular complexity index is 603. The maximum absolute atomic E-state index is 4.21. The molecule has 0 radical (unpaired) electrons. The van der Waals surface area contributed by atoms with Crippen LogP contribution >= 0.6 is 23.1 Å². The van der Waals surface area contributed by atoms with Crippen LogP contribution in [0.2, 0.25) is 0 Å². The lowest BCUT2D eigenvalue weighted by Crippen LogP contribution is -2.35. The normalized spacial score (nSPS) is 22.7. The van der Waals surface area contributed by atoms with Crippen LogP contribution in [-0.2, 0) is 0 Å². The van der Waals surface area contributed by atoms with Crippen LogP contribution in [0.15, 0.2) is 48.2 Å². The number of thioether (sulfide) groups is 1. The first-order valence-electron chi connectivity index (χ1n) is 7.02. The number of anilines is 1. The number of hydrogen-bond acceptors (Lipinski definition) is 4. The van der Waals surface area contributed by atoms with Crippen molar-refractivity contribution in [2.45, 2.75) is 24.6 Å². The molecule has 0 saturated heterocycles. The standard InChI is InChI=1S/C16H16N2S2/c1-2-7-13(8-3-1)18-10-15(14-9-17-11-19-14)20-16(18)12-5-4-6-12/h1-3,7-12,16H,4-6H2. The van der Waals surface area contributed by atoms with E-state index in [0.717, 1.165) is 5.92 Å². The third kappa shape index (κ3) is 2.17. The zero-order valence-electron chi connectivity index (χ0n) is 11.1. The molecule has 0 spiro atoms. The van der Waals surface area contributed by atoms with Crippen molar-refractivity contribution in [2.75, 3.05) is 4.90 Å². The molecule has 1 unspecified atom stereocenters. The fraction of sp³-hybridized carbons (Fsp3) is 0.312. The van der Waals surface area contributed by atoms with E-state index in [4.69, 9.17) is 0 Å². The largest absolute Gasteiger partial charge is 0.334 e. The highest BCUT2D eigenvalue weighted by Crippen LogP contribution is 2.49. The van der Waals surface area contributed by atoms with E-state index in [-0.39, 0.29) is 0 Å². The van der Waals surface area contributed by atoms with Gasteiger partial charge in [-0.1, -0.05) is 36.4 Å². The first-order chi connectivity index (χ1) is 9.92. The van der Waals surface area contributed by atoms with Gasteiger partial charge in [-0.15, -0.1) is 11.3 Å². The summed E-state index contributed by atoms with van der Waals surface area (Å²) in [6, 6.07) is 10.7. The van der Waals surface area contributed by atoms with E-state index < -0.39 is 0 Å². The molecule has 2 heterocycles. The summed E-state index contributed by atoms with van der Waals surface area (Å²) in [7, 11) is 0. The van der Waals surface area contributed by atoms with Crippen molar-refractivity contribution >= 4 is 33.7 Å². The Morgan fingerprint density at radius 1 is 1.15 bits per heavy atom. The SMILES string of the molecule is C1=C(c2cncs2)SC(C2CCC2)N1c1ccccc1. The van der Waals surface area contributed by atoms with Crippen LogP contribution in [-0.4, -0.2) is 10.4 Å². The Balaban J connectivity index is 1.68. The third-order valence-corrected chi connectivity index (χ3v) is 6.43. The van der Waals surface area contributed by atoms with Gasteiger partial charge in [0.1, 0.15) is 0 Å². The lowest BCUT2D eigenvalue weighted by molar-refractivity contribution is 0.309. The lowest BCUT2D eigenvalue weighted by atomic mass is 9.84. The van der Waals surface area contributed by atoms with Crippen LogP contribution in [0.3, 0.4) is 0 Å². The third-order valence-electron chi connectivity index (χ3n) is 4.06. The summed E-state index contributed by atoms with van der Waals surface area (Å²) >= 11 is 3.74. The van der Waals surface area contributed by atoms with Crippen LogP contribution in [0.4, 0.5) is 5.69 Å². The van der Waals surface area contributed by atoms with Crippen LogP contribution < -0.4 is 4.90 Å². The van der Waals surface area contributed by atoms with Gasteiger partial charge in [0.15, 0.2) is 0 Å². The molecule has 2 nitrogen and oxygen atoms in total. The molecule has 2 aliphatic rings. The highest BCUT2D eigenvalue weighted by Gasteiger charge is 2.36. The van der Waals surface area contributed by atoms with Crippen molar-refractivity contribution in [1.29, 1.82) is 0 Å². The van der Waals surface area contributed by atoms with Gasteiger partial charge in [-0.25, -0.2) is 0 Å². The molecule has 0 amide bonds. The molecule has 1 aliphatic heterocycles. The minimum Gasteiger partial charge on any atom is -0.334 e. The summed E-state index contributed by atoms with van der Waals surface area (Å²) in [4.78, 5) is 9.33. The molecule has 0 bridgehead atoms. The van der Waals surface area contributed by atoms with Crippen molar-refractivity contribution in [3.05, 3.63) is 53.1 Å². The summed E-state index contributed by atoms with van der Waals surface area (Å²) in [6.07, 6.45) is 8.42. The molecule has 4 heteroatoms. The highest BCUT2D eigenvalue weighted by atomic mass is 32.2. The molecular weight excluding hydrogens is 284 g/mol. The van der Waals surface area contributed by atoms with Gasteiger partial charge in [-0.3, -0.25) is 4.98 Å². The molecule has 1 saturated carbocycles. The molecule has 0 N–H and O–H groups in total. The molecule has 2 aromatic rings. The second-order valence-electron chi connectivity index (χ2n) is 5.30. The quantitative estimate of drug-likeness (QED) is 0.808. The summed E-state index contributed by atoms with van der Waals surface area (Å²) in [6.45, 7) is 0. The molecule has 1 fully saturated rings. The van der Waals surface area contributed by atoms with Gasteiger partial charge < -0.3 is 4.90 Å². The van der Waals surface area contributed by atoms with Crippen molar-refractivity contribution < 1.29 is 0 Å². The van der Waals surface area contributed by atoms with Gasteiger partial charge in [0, 0.05) is 23.0 Å². The first kappa shape index (κ1) is 12.5. The first-order valence-corrected chi connectivity index (χ1v) is 8.78. The van der Waals surface area contributed by atoms with Crippen molar-refractivity contribution in [3.63, 3.8) is 0 Å². The van der Waals surface area contributed by atoms with Crippen molar-refractivity contribution in [1.82, 2.24) is 4.98 Å². The molecule has 102 valence electrons. The topological polar surface area (TPSA) is 16.1 Å². The van der Waals surface area contributed by atoms with E-state index in [1.807, 2.05) is 23.5 Å². The number of para-hydroxylation sites is 1. The second kappa shape index (κ2) is 5.26. The Morgan fingerprint density at radius 3 is 2.65 bits per heavy atom. The minimum absolute atomic E-state index is 0.559. The average Bonchev–Trinajstić information content (AvgIpc) is 3.06. The van der Waals surface area contributed by atoms with E-state index >= 15 is 0 Å². The summed E-state index contributed by atoms with van der Waals surface area (Å²) in [5, 5.41) is 0.559. The molecule has 1 aromatic heterocycles. The Hall–Kier alpha value is -1.26. The molecular formula is C16H16N2S2. The predicted octanol–water partition coefficient (Wildman–Crippen LogP) is 4.82. The Morgan fingerprint density at radius 2 is 2.00 bits per heavy atom. The maximum atomic E-state index is 4.21. The van der Waals surface area contributed by atoms with Crippen molar-refractivity contribution in [3.8, 4) is 0 Å². The molecule has 1 atom stereocenters. The summed E-state index contributed by atoms with van der Waals surface area (Å²) in [5.41, 5.74) is 3.22. The molecule has 1 aromatic carbocycles. The molecule has 4 rings (SSSR count). The zero-order valence-corrected chi connectivity index (χ0v) is 12.7. The second-order valence-corrected chi connectivity index (χ2v) is 7.35. The van der Waals surface area contributed by atoms with Crippen LogP contribution in [0, 0.1) is 5.92 Å². The van der Waals surface area contributed by atoms with Gasteiger partial charge in [0.2, 0.25) is 0 Å². The van der Waals surface area contributed by atoms with Gasteiger partial charge in [0.25, 0.3) is 0 Å². The zero-order chi connectivity index (χ0) is 13.4. The molecule has 1 aliphatic carbocycles. The fourth-order valence-corrected chi connectivity index (χ4v) is 4.92. The monoisotopic (exact) mass is 300 g/mol. The maximum Gasteiger partial charge on any atom is 0.0869 e. The fourth-order valence-electron chi connectivity index (χ4n) is 2.75. The average molecular weight is 300 g/mol. The van der Waals surface area contributed by atoms with Crippen molar-refractivity contribution in [2.24, 2.45) is 5.92 Å². The predicted molar refractivity (Wildman–Crippen MR) is 87.7 cm³/mol. The van der Waals surface area contributed by atoms with Gasteiger partial charge in [0.05, 0.1) is 15.8 Å². The van der Waals surface area contributed by atoms with Gasteiger partial charge in [-0.2, -0.15) is 0 Å². The van der Waals surface area contributed by atoms with E-state index in [9.17, 15) is 0 Å². The van der Waals surface area contributed by atoms with Crippen LogP contribution in [0.1, 0.15) is 24.1 Å². The number of aromatic nitrogens is 1. The van der Waals surface area contributed by atoms with Gasteiger partial charge in [-0.05, 0) is 30.9 Å². The van der Waals surface area contributed by atoms with E-state index in [1.165, 1.54) is 34.7 Å². The van der Waals surface area contributed by atoms with Crippen LogP contribution in [0.5, 0.6) is 0 Å². The Kier molecular flexibility index (Phi) is 3.28. The summed E-state index contributed by atoms with van der Waals surface area (Å²) < 4.78 is 0. The van der Waals surface area contributed by atoms with E-state index in [2.05, 4.69) is 46.4 Å². The molecule has 20 heavy (non-hydrogen) atoms. The number of thiazole rings is 1. The highest BCUT2D eigenvalue weighted by molar-refractivity contribution is 8.09.